The molecule has 2 N–H and O–H groups in total. The molecule has 5 rings (SSSR count). The molecule has 0 spiro atoms. The number of benzene rings is 2. The van der Waals surface area contributed by atoms with E-state index in [1.54, 1.807) is 11.3 Å². The summed E-state index contributed by atoms with van der Waals surface area (Å²) in [6, 6.07) is 16.6. The SMILES string of the molecule is c1cc(-c2ccc3nnc(Nc4ccc(N5CCNCC5)cc4)nc3c2)cs1. The molecule has 0 unspecified atom stereocenters. The van der Waals surface area contributed by atoms with Gasteiger partial charge in [-0.25, -0.2) is 4.98 Å². The van der Waals surface area contributed by atoms with Gasteiger partial charge in [-0.15, -0.1) is 10.2 Å². The average Bonchev–Trinajstić information content (AvgIpc) is 3.29. The van der Waals surface area contributed by atoms with Crippen LogP contribution in [0.3, 0.4) is 0 Å². The van der Waals surface area contributed by atoms with Crippen LogP contribution in [0.5, 0.6) is 0 Å². The molecule has 1 saturated heterocycles. The molecular formula is C21H20N6S. The van der Waals surface area contributed by atoms with Gasteiger partial charge in [0.05, 0.1) is 5.52 Å². The number of nitrogens with zero attached hydrogens (tertiary/aromatic N) is 4. The van der Waals surface area contributed by atoms with Gasteiger partial charge in [0, 0.05) is 37.6 Å². The van der Waals surface area contributed by atoms with Crippen LogP contribution in [0.15, 0.2) is 59.3 Å². The Hall–Kier alpha value is -3.03. The first kappa shape index (κ1) is 17.1. The highest BCUT2D eigenvalue weighted by atomic mass is 32.1. The number of fused-ring (bicyclic) bond motifs is 1. The molecule has 0 saturated carbocycles. The third kappa shape index (κ3) is 3.54. The fraction of sp³-hybridized carbons (Fsp3) is 0.190. The Balaban J connectivity index is 1.37. The molecule has 0 radical (unpaired) electrons. The summed E-state index contributed by atoms with van der Waals surface area (Å²) in [4.78, 5) is 7.04. The quantitative estimate of drug-likeness (QED) is 0.553. The van der Waals surface area contributed by atoms with E-state index in [-0.39, 0.29) is 0 Å². The fourth-order valence-corrected chi connectivity index (χ4v) is 4.07. The van der Waals surface area contributed by atoms with Crippen LogP contribution in [0.4, 0.5) is 17.3 Å². The summed E-state index contributed by atoms with van der Waals surface area (Å²) in [7, 11) is 0. The average molecular weight is 389 g/mol. The Kier molecular flexibility index (Phi) is 4.60. The van der Waals surface area contributed by atoms with Crippen molar-refractivity contribution in [2.75, 3.05) is 36.4 Å². The van der Waals surface area contributed by atoms with Gasteiger partial charge in [-0.05, 0) is 64.4 Å². The first-order valence-electron chi connectivity index (χ1n) is 9.35. The predicted octanol–water partition coefficient (Wildman–Crippen LogP) is 3.91. The smallest absolute Gasteiger partial charge is 0.247 e. The van der Waals surface area contributed by atoms with Gasteiger partial charge in [0.1, 0.15) is 5.52 Å². The van der Waals surface area contributed by atoms with E-state index < -0.39 is 0 Å². The van der Waals surface area contributed by atoms with Crippen molar-refractivity contribution in [1.82, 2.24) is 20.5 Å². The third-order valence-electron chi connectivity index (χ3n) is 4.91. The molecule has 4 aromatic rings. The minimum Gasteiger partial charge on any atom is -0.369 e. The van der Waals surface area contributed by atoms with Crippen LogP contribution in [0, 0.1) is 0 Å². The number of rotatable bonds is 4. The van der Waals surface area contributed by atoms with E-state index in [2.05, 4.69) is 83.9 Å². The van der Waals surface area contributed by atoms with Gasteiger partial charge in [-0.2, -0.15) is 11.3 Å². The van der Waals surface area contributed by atoms with Crippen molar-refractivity contribution in [3.05, 3.63) is 59.3 Å². The monoisotopic (exact) mass is 388 g/mol. The molecule has 7 heteroatoms. The van der Waals surface area contributed by atoms with Crippen molar-refractivity contribution < 1.29 is 0 Å². The molecule has 2 aromatic carbocycles. The van der Waals surface area contributed by atoms with Gasteiger partial charge in [0.25, 0.3) is 0 Å². The zero-order valence-corrected chi connectivity index (χ0v) is 16.1. The van der Waals surface area contributed by atoms with Crippen LogP contribution in [0.1, 0.15) is 0 Å². The lowest BCUT2D eigenvalue weighted by molar-refractivity contribution is 0.589. The van der Waals surface area contributed by atoms with E-state index >= 15 is 0 Å². The van der Waals surface area contributed by atoms with E-state index in [0.717, 1.165) is 48.5 Å². The van der Waals surface area contributed by atoms with E-state index in [1.165, 1.54) is 11.3 Å². The van der Waals surface area contributed by atoms with Crippen LogP contribution in [-0.4, -0.2) is 41.4 Å². The topological polar surface area (TPSA) is 66.0 Å². The van der Waals surface area contributed by atoms with E-state index in [0.29, 0.717) is 5.95 Å². The van der Waals surface area contributed by atoms with Crippen LogP contribution >= 0.6 is 11.3 Å². The Morgan fingerprint density at radius 3 is 2.54 bits per heavy atom. The third-order valence-corrected chi connectivity index (χ3v) is 5.60. The Labute approximate surface area is 167 Å². The first-order valence-corrected chi connectivity index (χ1v) is 10.3. The van der Waals surface area contributed by atoms with Gasteiger partial charge < -0.3 is 15.5 Å². The summed E-state index contributed by atoms with van der Waals surface area (Å²) in [5, 5.41) is 19.4. The maximum Gasteiger partial charge on any atom is 0.247 e. The van der Waals surface area contributed by atoms with Crippen LogP contribution in [0.25, 0.3) is 22.2 Å². The predicted molar refractivity (Wildman–Crippen MR) is 115 cm³/mol. The standard InChI is InChI=1S/C21H20N6S/c1-6-19-20(13-15(1)16-7-12-28-14-16)24-21(26-25-19)23-17-2-4-18(5-3-17)27-10-8-22-9-11-27/h1-7,12-14,22H,8-11H2,(H,23,24,26). The number of thiophene rings is 1. The number of hydrogen-bond donors (Lipinski definition) is 2. The molecule has 6 nitrogen and oxygen atoms in total. The minimum atomic E-state index is 0.505. The maximum atomic E-state index is 4.65. The van der Waals surface area contributed by atoms with E-state index in [4.69, 9.17) is 0 Å². The molecule has 3 heterocycles. The molecule has 0 aliphatic carbocycles. The molecule has 28 heavy (non-hydrogen) atoms. The second kappa shape index (κ2) is 7.53. The Bertz CT molecular complexity index is 1070. The number of anilines is 3. The van der Waals surface area contributed by atoms with E-state index in [1.807, 2.05) is 6.07 Å². The zero-order chi connectivity index (χ0) is 18.8. The summed E-state index contributed by atoms with van der Waals surface area (Å²) < 4.78 is 0. The largest absolute Gasteiger partial charge is 0.369 e. The zero-order valence-electron chi connectivity index (χ0n) is 15.3. The van der Waals surface area contributed by atoms with Gasteiger partial charge in [0.15, 0.2) is 0 Å². The highest BCUT2D eigenvalue weighted by molar-refractivity contribution is 7.08. The van der Waals surface area contributed by atoms with Gasteiger partial charge in [-0.3, -0.25) is 0 Å². The molecule has 1 aliphatic rings. The Morgan fingerprint density at radius 1 is 0.893 bits per heavy atom. The van der Waals surface area contributed by atoms with Gasteiger partial charge in [0.2, 0.25) is 5.95 Å². The molecule has 0 amide bonds. The van der Waals surface area contributed by atoms with Crippen molar-refractivity contribution >= 4 is 39.7 Å². The molecule has 1 aliphatic heterocycles. The highest BCUT2D eigenvalue weighted by Gasteiger charge is 2.10. The lowest BCUT2D eigenvalue weighted by atomic mass is 10.1. The van der Waals surface area contributed by atoms with Crippen LogP contribution in [-0.2, 0) is 0 Å². The second-order valence-electron chi connectivity index (χ2n) is 6.76. The molecule has 0 bridgehead atoms. The number of nitrogens with one attached hydrogen (secondary N) is 2. The summed E-state index contributed by atoms with van der Waals surface area (Å²) in [5.41, 5.74) is 6.15. The van der Waals surface area contributed by atoms with Crippen molar-refractivity contribution in [3.8, 4) is 11.1 Å². The van der Waals surface area contributed by atoms with Crippen LogP contribution < -0.4 is 15.5 Å². The summed E-state index contributed by atoms with van der Waals surface area (Å²) in [6.07, 6.45) is 0. The summed E-state index contributed by atoms with van der Waals surface area (Å²) in [6.45, 7) is 4.14. The van der Waals surface area contributed by atoms with Crippen molar-refractivity contribution in [1.29, 1.82) is 0 Å². The highest BCUT2D eigenvalue weighted by Crippen LogP contribution is 2.25. The summed E-state index contributed by atoms with van der Waals surface area (Å²) in [5.74, 6) is 0.505. The maximum absolute atomic E-state index is 4.65. The molecule has 140 valence electrons. The summed E-state index contributed by atoms with van der Waals surface area (Å²) >= 11 is 1.69. The molecule has 2 aromatic heterocycles. The van der Waals surface area contributed by atoms with Gasteiger partial charge >= 0.3 is 0 Å². The molecular weight excluding hydrogens is 368 g/mol. The van der Waals surface area contributed by atoms with E-state index in [9.17, 15) is 0 Å². The Morgan fingerprint density at radius 2 is 1.75 bits per heavy atom. The second-order valence-corrected chi connectivity index (χ2v) is 7.54. The van der Waals surface area contributed by atoms with Crippen LogP contribution in [0.2, 0.25) is 0 Å². The number of hydrogen-bond acceptors (Lipinski definition) is 7. The van der Waals surface area contributed by atoms with Gasteiger partial charge in [-0.1, -0.05) is 6.07 Å². The number of piperazine rings is 1. The molecule has 1 fully saturated rings. The van der Waals surface area contributed by atoms with Crippen molar-refractivity contribution in [3.63, 3.8) is 0 Å². The fourth-order valence-electron chi connectivity index (χ4n) is 3.40. The lowest BCUT2D eigenvalue weighted by Gasteiger charge is -2.29. The number of aromatic nitrogens is 3. The first-order chi connectivity index (χ1) is 13.8. The van der Waals surface area contributed by atoms with Crippen molar-refractivity contribution in [2.24, 2.45) is 0 Å². The normalized spacial score (nSPS) is 14.4. The minimum absolute atomic E-state index is 0.505. The molecule has 0 atom stereocenters. The lowest BCUT2D eigenvalue weighted by Crippen LogP contribution is -2.43. The van der Waals surface area contributed by atoms with Crippen molar-refractivity contribution in [2.45, 2.75) is 0 Å².